The highest BCUT2D eigenvalue weighted by Gasteiger charge is 2.45. The van der Waals surface area contributed by atoms with Gasteiger partial charge in [-0.1, -0.05) is 45.0 Å². The normalized spacial score (nSPS) is 20.5. The number of likely N-dealkylation sites (tertiary alicyclic amines) is 2. The lowest BCUT2D eigenvalue weighted by Gasteiger charge is -2.35. The molecule has 2 saturated heterocycles. The zero-order valence-electron chi connectivity index (χ0n) is 29.3. The second-order valence-electron chi connectivity index (χ2n) is 13.9. The van der Waals surface area contributed by atoms with E-state index in [1.807, 2.05) is 64.4 Å². The highest BCUT2D eigenvalue weighted by atomic mass is 32.1. The maximum absolute atomic E-state index is 13.9. The van der Waals surface area contributed by atoms with Crippen molar-refractivity contribution in [2.75, 3.05) is 19.6 Å². The third-order valence-electron chi connectivity index (χ3n) is 8.68. The monoisotopic (exact) mass is 740 g/mol. The van der Waals surface area contributed by atoms with Crippen molar-refractivity contribution < 1.29 is 47.4 Å². The number of rotatable bonds is 9. The number of nitrogens with one attached hydrogen (secondary N) is 2. The van der Waals surface area contributed by atoms with Crippen LogP contribution in [0.3, 0.4) is 0 Å². The van der Waals surface area contributed by atoms with Crippen LogP contribution in [0.15, 0.2) is 29.8 Å². The fraction of sp³-hybridized carbons (Fsp3) is 0.588. The van der Waals surface area contributed by atoms with Crippen molar-refractivity contribution in [2.45, 2.75) is 103 Å². The molecule has 2 aliphatic heterocycles. The van der Waals surface area contributed by atoms with Gasteiger partial charge in [0.25, 0.3) is 0 Å². The summed E-state index contributed by atoms with van der Waals surface area (Å²) in [6, 6.07) is 5.70. The minimum Gasteiger partial charge on any atom is -0.475 e. The molecule has 1 aromatic heterocycles. The van der Waals surface area contributed by atoms with Gasteiger partial charge in [-0.3, -0.25) is 19.2 Å². The molecule has 2 aliphatic rings. The van der Waals surface area contributed by atoms with Crippen LogP contribution in [0.25, 0.3) is 10.4 Å². The van der Waals surface area contributed by atoms with E-state index in [1.165, 1.54) is 4.90 Å². The second-order valence-corrected chi connectivity index (χ2v) is 14.8. The minimum absolute atomic E-state index is 0.00957. The van der Waals surface area contributed by atoms with Gasteiger partial charge in [0.1, 0.15) is 12.1 Å². The molecule has 282 valence electrons. The second kappa shape index (κ2) is 17.4. The van der Waals surface area contributed by atoms with Gasteiger partial charge in [0.05, 0.1) is 28.2 Å². The number of hydrogen-bond acceptors (Lipinski definition) is 9. The van der Waals surface area contributed by atoms with Crippen molar-refractivity contribution in [3.63, 3.8) is 0 Å². The molecule has 0 saturated carbocycles. The molecule has 4 rings (SSSR count). The predicted octanol–water partition coefficient (Wildman–Crippen LogP) is 3.15. The van der Waals surface area contributed by atoms with Gasteiger partial charge in [0.2, 0.25) is 23.6 Å². The lowest BCUT2D eigenvalue weighted by Crippen LogP contribution is -2.58. The first kappa shape index (κ1) is 41.3. The van der Waals surface area contributed by atoms with Gasteiger partial charge in [0.15, 0.2) is 0 Å². The van der Waals surface area contributed by atoms with Gasteiger partial charge < -0.3 is 36.4 Å². The molecule has 13 nitrogen and oxygen atoms in total. The standard InChI is InChI=1S/C32H46N6O5S.C2HF3O2/c1-19(21-8-10-22(11-9-21)28-20(2)34-18-44-28)35-30(42)25-15-24(39)17-38(25)31(43)29(32(3,4)5)36-26(40)12-13-27(41)37-14-6-7-23(33)16-37;3-2(4,5)1(6)7/h8-11,18-19,23-25,29,39H,6-7,12-17,33H2,1-5H3,(H,35,42)(H,36,40);(H,6,7)/t19-,23+,24+,25-,29+;/m0./s1. The molecule has 4 amide bonds. The third-order valence-corrected chi connectivity index (χ3v) is 9.66. The number of piperidine rings is 1. The topological polar surface area (TPSA) is 195 Å². The lowest BCUT2D eigenvalue weighted by atomic mass is 9.85. The average molecular weight is 741 g/mol. The maximum atomic E-state index is 13.9. The van der Waals surface area contributed by atoms with Crippen LogP contribution in [0.2, 0.25) is 0 Å². The average Bonchev–Trinajstić information content (AvgIpc) is 3.66. The number of carboxylic acid groups (broad SMARTS) is 1. The molecular weight excluding hydrogens is 693 g/mol. The van der Waals surface area contributed by atoms with Crippen LogP contribution in [0.4, 0.5) is 13.2 Å². The molecular formula is C34H47F3N6O7S. The Labute approximate surface area is 298 Å². The quantitative estimate of drug-likeness (QED) is 0.257. The summed E-state index contributed by atoms with van der Waals surface area (Å²) in [5.74, 6) is -4.11. The first-order chi connectivity index (χ1) is 23.7. The fourth-order valence-electron chi connectivity index (χ4n) is 5.86. The van der Waals surface area contributed by atoms with E-state index < -0.39 is 47.6 Å². The van der Waals surface area contributed by atoms with E-state index in [2.05, 4.69) is 15.6 Å². The van der Waals surface area contributed by atoms with Crippen LogP contribution < -0.4 is 16.4 Å². The first-order valence-electron chi connectivity index (χ1n) is 16.6. The molecule has 51 heavy (non-hydrogen) atoms. The Hall–Kier alpha value is -4.09. The number of β-amino-alcohol motifs (C(OH)–C–C–N with tert-alkyl or cyclic N) is 1. The number of aromatic nitrogens is 1. The van der Waals surface area contributed by atoms with Crippen LogP contribution in [-0.2, 0) is 24.0 Å². The molecule has 0 unspecified atom stereocenters. The van der Waals surface area contributed by atoms with Gasteiger partial charge in [0, 0.05) is 44.9 Å². The van der Waals surface area contributed by atoms with Gasteiger partial charge in [-0.05, 0) is 43.2 Å². The number of thiazole rings is 1. The number of aliphatic carboxylic acids is 1. The minimum atomic E-state index is -5.08. The van der Waals surface area contributed by atoms with E-state index in [-0.39, 0.29) is 49.7 Å². The molecule has 0 aliphatic carbocycles. The number of nitrogens with zero attached hydrogens (tertiary/aromatic N) is 3. The van der Waals surface area contributed by atoms with Crippen LogP contribution in [-0.4, -0.2) is 105 Å². The number of benzene rings is 1. The van der Waals surface area contributed by atoms with E-state index in [4.69, 9.17) is 15.6 Å². The fourth-order valence-corrected chi connectivity index (χ4v) is 6.68. The zero-order chi connectivity index (χ0) is 38.3. The van der Waals surface area contributed by atoms with Crippen molar-refractivity contribution in [1.29, 1.82) is 0 Å². The summed E-state index contributed by atoms with van der Waals surface area (Å²) in [6.07, 6.45) is -4.16. The summed E-state index contributed by atoms with van der Waals surface area (Å²) < 4.78 is 31.7. The maximum Gasteiger partial charge on any atom is 0.490 e. The Morgan fingerprint density at radius 1 is 1.06 bits per heavy atom. The number of amides is 4. The molecule has 0 radical (unpaired) electrons. The van der Waals surface area contributed by atoms with E-state index in [0.29, 0.717) is 13.1 Å². The van der Waals surface area contributed by atoms with Crippen molar-refractivity contribution in [3.8, 4) is 10.4 Å². The van der Waals surface area contributed by atoms with Crippen LogP contribution in [0.5, 0.6) is 0 Å². The van der Waals surface area contributed by atoms with E-state index >= 15 is 0 Å². The summed E-state index contributed by atoms with van der Waals surface area (Å²) in [7, 11) is 0. The van der Waals surface area contributed by atoms with Gasteiger partial charge in [-0.25, -0.2) is 9.78 Å². The molecule has 2 fully saturated rings. The highest BCUT2D eigenvalue weighted by Crippen LogP contribution is 2.29. The molecule has 1 aromatic carbocycles. The Morgan fingerprint density at radius 3 is 2.22 bits per heavy atom. The van der Waals surface area contributed by atoms with E-state index in [9.17, 15) is 37.5 Å². The number of aliphatic hydroxyl groups excluding tert-OH is 1. The van der Waals surface area contributed by atoms with Crippen molar-refractivity contribution in [3.05, 3.63) is 41.0 Å². The highest BCUT2D eigenvalue weighted by molar-refractivity contribution is 7.13. The van der Waals surface area contributed by atoms with E-state index in [0.717, 1.165) is 34.5 Å². The number of halogens is 3. The van der Waals surface area contributed by atoms with Crippen molar-refractivity contribution in [1.82, 2.24) is 25.4 Å². The molecule has 0 spiro atoms. The van der Waals surface area contributed by atoms with Crippen LogP contribution >= 0.6 is 11.3 Å². The molecule has 2 aromatic rings. The smallest absolute Gasteiger partial charge is 0.475 e. The number of aryl methyl sites for hydroxylation is 1. The Kier molecular flexibility index (Phi) is 14.1. The largest absolute Gasteiger partial charge is 0.490 e. The number of alkyl halides is 3. The summed E-state index contributed by atoms with van der Waals surface area (Å²) in [5, 5.41) is 23.4. The molecule has 3 heterocycles. The Bertz CT molecular complexity index is 1550. The number of nitrogens with two attached hydrogens (primary N) is 1. The molecule has 5 atom stereocenters. The Balaban J connectivity index is 0.000000908. The number of carbonyl (C=O) groups excluding carboxylic acids is 4. The molecule has 6 N–H and O–H groups in total. The van der Waals surface area contributed by atoms with E-state index in [1.54, 1.807) is 16.2 Å². The van der Waals surface area contributed by atoms with Gasteiger partial charge in [-0.15, -0.1) is 11.3 Å². The Morgan fingerprint density at radius 2 is 1.69 bits per heavy atom. The summed E-state index contributed by atoms with van der Waals surface area (Å²) in [4.78, 5) is 70.3. The summed E-state index contributed by atoms with van der Waals surface area (Å²) in [5.41, 5.74) is 10.0. The zero-order valence-corrected chi connectivity index (χ0v) is 30.1. The first-order valence-corrected chi connectivity index (χ1v) is 17.5. The van der Waals surface area contributed by atoms with Crippen LogP contribution in [0, 0.1) is 12.3 Å². The number of carboxylic acids is 1. The number of aliphatic hydroxyl groups is 1. The van der Waals surface area contributed by atoms with Crippen molar-refractivity contribution >= 4 is 40.9 Å². The van der Waals surface area contributed by atoms with Crippen LogP contribution in [0.1, 0.15) is 77.1 Å². The predicted molar refractivity (Wildman–Crippen MR) is 183 cm³/mol. The third kappa shape index (κ3) is 11.7. The number of hydrogen-bond donors (Lipinski definition) is 5. The van der Waals surface area contributed by atoms with Gasteiger partial charge in [-0.2, -0.15) is 13.2 Å². The SMILES string of the molecule is Cc1ncsc1-c1ccc([C@H](C)NC(=O)[C@@H]2C[C@@H](O)CN2C(=O)[C@@H](NC(=O)CCC(=O)N2CCC[C@@H](N)C2)C(C)(C)C)cc1.O=C(O)C(F)(F)F. The van der Waals surface area contributed by atoms with Crippen molar-refractivity contribution in [2.24, 2.45) is 11.1 Å². The number of carbonyl (C=O) groups is 5. The van der Waals surface area contributed by atoms with Gasteiger partial charge >= 0.3 is 12.1 Å². The molecule has 17 heteroatoms. The lowest BCUT2D eigenvalue weighted by molar-refractivity contribution is -0.192. The summed E-state index contributed by atoms with van der Waals surface area (Å²) >= 11 is 1.58. The summed E-state index contributed by atoms with van der Waals surface area (Å²) in [6.45, 7) is 10.4. The molecule has 0 bridgehead atoms.